The van der Waals surface area contributed by atoms with Crippen LogP contribution in [0.25, 0.3) is 0 Å². The van der Waals surface area contributed by atoms with Crippen LogP contribution in [0.3, 0.4) is 0 Å². The van der Waals surface area contributed by atoms with E-state index in [1.807, 2.05) is 6.92 Å². The zero-order valence-corrected chi connectivity index (χ0v) is 15.4. The molecule has 1 N–H and O–H groups in total. The largest absolute Gasteiger partial charge is 0.493 e. The van der Waals surface area contributed by atoms with Crippen LogP contribution in [-0.4, -0.2) is 59.3 Å². The van der Waals surface area contributed by atoms with Crippen LogP contribution < -0.4 is 19.5 Å². The van der Waals surface area contributed by atoms with Gasteiger partial charge in [0.05, 0.1) is 34.1 Å². The summed E-state index contributed by atoms with van der Waals surface area (Å²) >= 11 is 0. The highest BCUT2D eigenvalue weighted by atomic mass is 32.2. The lowest BCUT2D eigenvalue weighted by Gasteiger charge is -2.19. The summed E-state index contributed by atoms with van der Waals surface area (Å²) in [6.07, 6.45) is 1.69. The second kappa shape index (κ2) is 8.74. The van der Waals surface area contributed by atoms with E-state index in [9.17, 15) is 13.2 Å². The summed E-state index contributed by atoms with van der Waals surface area (Å²) in [6.45, 7) is 1.86. The Morgan fingerprint density at radius 3 is 2.04 bits per heavy atom. The summed E-state index contributed by atoms with van der Waals surface area (Å²) in [5, 5.41) is 2.64. The molecule has 1 aromatic carbocycles. The van der Waals surface area contributed by atoms with Gasteiger partial charge in [0.15, 0.2) is 11.5 Å². The first-order valence-electron chi connectivity index (χ1n) is 7.31. The molecule has 0 aliphatic heterocycles. The molecule has 0 heterocycles. The average molecular weight is 360 g/mol. The van der Waals surface area contributed by atoms with Gasteiger partial charge in [-0.3, -0.25) is 4.79 Å². The van der Waals surface area contributed by atoms with Gasteiger partial charge in [-0.15, -0.1) is 0 Å². The highest BCUT2D eigenvalue weighted by molar-refractivity contribution is 7.88. The van der Waals surface area contributed by atoms with Gasteiger partial charge in [-0.25, -0.2) is 8.42 Å². The van der Waals surface area contributed by atoms with Crippen molar-refractivity contribution in [3.05, 3.63) is 12.1 Å². The van der Waals surface area contributed by atoms with Crippen molar-refractivity contribution >= 4 is 21.6 Å². The third kappa shape index (κ3) is 5.27. The van der Waals surface area contributed by atoms with Gasteiger partial charge in [0.1, 0.15) is 0 Å². The van der Waals surface area contributed by atoms with Gasteiger partial charge in [0.2, 0.25) is 21.7 Å². The zero-order chi connectivity index (χ0) is 18.3. The predicted molar refractivity (Wildman–Crippen MR) is 91.4 cm³/mol. The molecule has 0 bridgehead atoms. The van der Waals surface area contributed by atoms with Crippen molar-refractivity contribution in [1.29, 1.82) is 0 Å². The van der Waals surface area contributed by atoms with E-state index >= 15 is 0 Å². The van der Waals surface area contributed by atoms with Crippen molar-refractivity contribution in [2.45, 2.75) is 13.3 Å². The number of methoxy groups -OCH3 is 3. The number of sulfonamides is 1. The van der Waals surface area contributed by atoms with Gasteiger partial charge in [0.25, 0.3) is 0 Å². The van der Waals surface area contributed by atoms with Crippen LogP contribution in [0.4, 0.5) is 5.69 Å². The van der Waals surface area contributed by atoms with Crippen LogP contribution in [0, 0.1) is 0 Å². The fourth-order valence-corrected chi connectivity index (χ4v) is 2.99. The minimum atomic E-state index is -3.45. The number of hydrogen-bond acceptors (Lipinski definition) is 6. The summed E-state index contributed by atoms with van der Waals surface area (Å²) in [5.74, 6) is 0.728. The summed E-state index contributed by atoms with van der Waals surface area (Å²) < 4.78 is 40.1. The molecule has 0 unspecified atom stereocenters. The molecule has 0 atom stereocenters. The van der Waals surface area contributed by atoms with E-state index in [-0.39, 0.29) is 13.1 Å². The van der Waals surface area contributed by atoms with Gasteiger partial charge in [-0.2, -0.15) is 4.31 Å². The highest BCUT2D eigenvalue weighted by Gasteiger charge is 2.20. The lowest BCUT2D eigenvalue weighted by atomic mass is 10.2. The molecule has 0 saturated carbocycles. The first kappa shape index (κ1) is 20.0. The van der Waals surface area contributed by atoms with Crippen molar-refractivity contribution in [1.82, 2.24) is 4.31 Å². The molecule has 9 heteroatoms. The Morgan fingerprint density at radius 2 is 1.67 bits per heavy atom. The van der Waals surface area contributed by atoms with Gasteiger partial charge < -0.3 is 19.5 Å². The molecular formula is C15H24N2O6S. The first-order valence-corrected chi connectivity index (χ1v) is 9.16. The molecule has 24 heavy (non-hydrogen) atoms. The van der Waals surface area contributed by atoms with E-state index in [1.54, 1.807) is 12.1 Å². The molecule has 0 aliphatic carbocycles. The summed E-state index contributed by atoms with van der Waals surface area (Å²) in [7, 11) is 0.967. The fraction of sp³-hybridized carbons (Fsp3) is 0.533. The topological polar surface area (TPSA) is 94.2 Å². The molecule has 1 amide bonds. The van der Waals surface area contributed by atoms with Crippen LogP contribution in [-0.2, 0) is 14.8 Å². The lowest BCUT2D eigenvalue weighted by molar-refractivity contribution is -0.116. The number of nitrogens with zero attached hydrogens (tertiary/aromatic N) is 1. The van der Waals surface area contributed by atoms with E-state index in [1.165, 1.54) is 21.3 Å². The maximum absolute atomic E-state index is 12.2. The average Bonchev–Trinajstić information content (AvgIpc) is 2.52. The summed E-state index contributed by atoms with van der Waals surface area (Å²) in [4.78, 5) is 12.2. The molecule has 0 saturated heterocycles. The Hall–Kier alpha value is -2.00. The van der Waals surface area contributed by atoms with E-state index < -0.39 is 15.9 Å². The van der Waals surface area contributed by atoms with Crippen LogP contribution in [0.15, 0.2) is 12.1 Å². The minimum absolute atomic E-state index is 0.261. The van der Waals surface area contributed by atoms with Crippen molar-refractivity contribution in [3.8, 4) is 17.2 Å². The standard InChI is InChI=1S/C15H24N2O6S/c1-6-7-17(24(5,19)20)10-14(18)16-11-8-12(21-2)15(23-4)13(9-11)22-3/h8-9H,6-7,10H2,1-5H3,(H,16,18). The fourth-order valence-electron chi connectivity index (χ4n) is 2.13. The van der Waals surface area contributed by atoms with Gasteiger partial charge >= 0.3 is 0 Å². The quantitative estimate of drug-likeness (QED) is 0.714. The Morgan fingerprint density at radius 1 is 1.12 bits per heavy atom. The van der Waals surface area contributed by atoms with Gasteiger partial charge in [-0.05, 0) is 6.42 Å². The molecule has 1 rings (SSSR count). The Labute approximate surface area is 142 Å². The molecule has 0 radical (unpaired) electrons. The van der Waals surface area contributed by atoms with Crippen molar-refractivity contribution in [2.75, 3.05) is 46.0 Å². The number of nitrogens with one attached hydrogen (secondary N) is 1. The normalized spacial score (nSPS) is 11.2. The first-order chi connectivity index (χ1) is 11.3. The number of hydrogen-bond donors (Lipinski definition) is 1. The third-order valence-electron chi connectivity index (χ3n) is 3.21. The second-order valence-corrected chi connectivity index (χ2v) is 7.04. The number of carbonyl (C=O) groups excluding carboxylic acids is 1. The van der Waals surface area contributed by atoms with Crippen molar-refractivity contribution in [2.24, 2.45) is 0 Å². The summed E-state index contributed by atoms with van der Waals surface area (Å²) in [5.41, 5.74) is 0.416. The smallest absolute Gasteiger partial charge is 0.239 e. The predicted octanol–water partition coefficient (Wildman–Crippen LogP) is 1.32. The van der Waals surface area contributed by atoms with Crippen molar-refractivity contribution < 1.29 is 27.4 Å². The van der Waals surface area contributed by atoms with E-state index in [0.717, 1.165) is 10.6 Å². The minimum Gasteiger partial charge on any atom is -0.493 e. The van der Waals surface area contributed by atoms with Crippen LogP contribution in [0.1, 0.15) is 13.3 Å². The second-order valence-electron chi connectivity index (χ2n) is 5.06. The zero-order valence-electron chi connectivity index (χ0n) is 14.6. The Bertz CT molecular complexity index is 650. The molecule has 0 aromatic heterocycles. The Kier molecular flexibility index (Phi) is 7.30. The lowest BCUT2D eigenvalue weighted by Crippen LogP contribution is -2.37. The molecule has 0 spiro atoms. The molecule has 0 aliphatic rings. The maximum Gasteiger partial charge on any atom is 0.239 e. The van der Waals surface area contributed by atoms with Crippen LogP contribution >= 0.6 is 0 Å². The van der Waals surface area contributed by atoms with Crippen LogP contribution in [0.5, 0.6) is 17.2 Å². The molecule has 0 fully saturated rings. The maximum atomic E-state index is 12.2. The van der Waals surface area contributed by atoms with Gasteiger partial charge in [0, 0.05) is 24.4 Å². The number of anilines is 1. The number of ether oxygens (including phenoxy) is 3. The van der Waals surface area contributed by atoms with Gasteiger partial charge in [-0.1, -0.05) is 6.92 Å². The molecule has 8 nitrogen and oxygen atoms in total. The number of amides is 1. The van der Waals surface area contributed by atoms with Crippen LogP contribution in [0.2, 0.25) is 0 Å². The molecule has 136 valence electrons. The highest BCUT2D eigenvalue weighted by Crippen LogP contribution is 2.39. The summed E-state index contributed by atoms with van der Waals surface area (Å²) in [6, 6.07) is 3.15. The number of benzene rings is 1. The number of carbonyl (C=O) groups is 1. The van der Waals surface area contributed by atoms with E-state index in [2.05, 4.69) is 5.32 Å². The van der Waals surface area contributed by atoms with Crippen molar-refractivity contribution in [3.63, 3.8) is 0 Å². The molecular weight excluding hydrogens is 336 g/mol. The van der Waals surface area contributed by atoms with E-state index in [4.69, 9.17) is 14.2 Å². The molecule has 1 aromatic rings. The Balaban J connectivity index is 2.98. The SMILES string of the molecule is CCCN(CC(=O)Nc1cc(OC)c(OC)c(OC)c1)S(C)(=O)=O. The number of rotatable bonds is 9. The van der Waals surface area contributed by atoms with E-state index in [0.29, 0.717) is 29.4 Å². The monoisotopic (exact) mass is 360 g/mol. The third-order valence-corrected chi connectivity index (χ3v) is 4.46.